The normalized spacial score (nSPS) is 21.6. The van der Waals surface area contributed by atoms with Crippen LogP contribution in [-0.2, 0) is 11.2 Å². The lowest BCUT2D eigenvalue weighted by atomic mass is 9.92. The third-order valence-electron chi connectivity index (χ3n) is 5.40. The van der Waals surface area contributed by atoms with E-state index in [1.54, 1.807) is 5.57 Å². The molecule has 0 spiro atoms. The average molecular weight is 341 g/mol. The van der Waals surface area contributed by atoms with Gasteiger partial charge in [0, 0.05) is 25.3 Å². The molecule has 0 radical (unpaired) electrons. The molecule has 0 N–H and O–H groups in total. The molecule has 1 aromatic rings. The molecule has 3 heteroatoms. The fraction of sp³-hybridized carbons (Fsp3) is 0.591. The predicted octanol–water partition coefficient (Wildman–Crippen LogP) is 4.42. The van der Waals surface area contributed by atoms with E-state index in [0.717, 1.165) is 44.6 Å². The van der Waals surface area contributed by atoms with Gasteiger partial charge in [-0.15, -0.1) is 0 Å². The van der Waals surface area contributed by atoms with E-state index in [4.69, 9.17) is 0 Å². The molecule has 2 aliphatic rings. The van der Waals surface area contributed by atoms with Gasteiger partial charge < -0.3 is 4.90 Å². The van der Waals surface area contributed by atoms with Crippen molar-refractivity contribution in [3.8, 4) is 0 Å². The van der Waals surface area contributed by atoms with Gasteiger partial charge in [-0.3, -0.25) is 9.69 Å². The highest BCUT2D eigenvalue weighted by Gasteiger charge is 2.37. The Labute approximate surface area is 152 Å². The van der Waals surface area contributed by atoms with Crippen LogP contribution in [0.4, 0.5) is 5.69 Å². The maximum atomic E-state index is 13.2. The summed E-state index contributed by atoms with van der Waals surface area (Å²) in [6.45, 7) is 9.44. The summed E-state index contributed by atoms with van der Waals surface area (Å²) in [7, 11) is 0. The molecule has 1 atom stereocenters. The molecular formula is C22H32N2O. The Morgan fingerprint density at radius 1 is 1.20 bits per heavy atom. The molecule has 2 heterocycles. The first-order valence-corrected chi connectivity index (χ1v) is 9.91. The number of unbranched alkanes of at least 4 members (excludes halogenated alkanes) is 1. The molecule has 0 saturated carbocycles. The molecule has 2 aliphatic heterocycles. The molecule has 1 aromatic carbocycles. The maximum Gasteiger partial charge on any atom is 0.244 e. The van der Waals surface area contributed by atoms with Gasteiger partial charge in [-0.1, -0.05) is 57.0 Å². The average Bonchev–Trinajstić information content (AvgIpc) is 2.62. The van der Waals surface area contributed by atoms with Crippen molar-refractivity contribution in [2.24, 2.45) is 5.92 Å². The van der Waals surface area contributed by atoms with E-state index in [9.17, 15) is 4.79 Å². The van der Waals surface area contributed by atoms with Crippen LogP contribution in [0.25, 0.3) is 0 Å². The predicted molar refractivity (Wildman–Crippen MR) is 105 cm³/mol. The van der Waals surface area contributed by atoms with Crippen molar-refractivity contribution in [3.63, 3.8) is 0 Å². The van der Waals surface area contributed by atoms with Crippen LogP contribution in [0.3, 0.4) is 0 Å². The molecule has 0 aliphatic carbocycles. The number of carbonyl (C=O) groups is 1. The molecule has 1 saturated heterocycles. The molecule has 25 heavy (non-hydrogen) atoms. The lowest BCUT2D eigenvalue weighted by Crippen LogP contribution is -2.55. The number of rotatable bonds is 5. The van der Waals surface area contributed by atoms with E-state index >= 15 is 0 Å². The van der Waals surface area contributed by atoms with E-state index in [1.807, 2.05) is 11.0 Å². The first-order valence-electron chi connectivity index (χ1n) is 9.91. The van der Waals surface area contributed by atoms with Crippen molar-refractivity contribution in [2.45, 2.75) is 58.9 Å². The third kappa shape index (κ3) is 4.14. The van der Waals surface area contributed by atoms with Gasteiger partial charge in [0.1, 0.15) is 0 Å². The van der Waals surface area contributed by atoms with Crippen molar-refractivity contribution < 1.29 is 4.79 Å². The number of allylic oxidation sites excluding steroid dienone is 1. The Bertz CT molecular complexity index is 625. The number of piperidine rings is 1. The minimum absolute atomic E-state index is 0.0152. The summed E-state index contributed by atoms with van der Waals surface area (Å²) in [6, 6.07) is 8.46. The molecule has 1 amide bonds. The molecule has 1 fully saturated rings. The van der Waals surface area contributed by atoms with E-state index in [1.165, 1.54) is 18.4 Å². The van der Waals surface area contributed by atoms with Gasteiger partial charge in [-0.2, -0.15) is 0 Å². The van der Waals surface area contributed by atoms with Crippen LogP contribution in [0, 0.1) is 5.92 Å². The van der Waals surface area contributed by atoms with Gasteiger partial charge in [0.25, 0.3) is 0 Å². The topological polar surface area (TPSA) is 23.6 Å². The van der Waals surface area contributed by atoms with Crippen LogP contribution in [0.15, 0.2) is 35.9 Å². The highest BCUT2D eigenvalue weighted by atomic mass is 16.2. The quantitative estimate of drug-likeness (QED) is 0.741. The summed E-state index contributed by atoms with van der Waals surface area (Å²) in [5.74, 6) is 0.772. The van der Waals surface area contributed by atoms with Gasteiger partial charge in [-0.05, 0) is 43.2 Å². The van der Waals surface area contributed by atoms with Crippen molar-refractivity contribution in [2.75, 3.05) is 24.5 Å². The summed E-state index contributed by atoms with van der Waals surface area (Å²) >= 11 is 0. The van der Waals surface area contributed by atoms with Gasteiger partial charge in [0.05, 0.1) is 6.04 Å². The van der Waals surface area contributed by atoms with E-state index in [0.29, 0.717) is 11.8 Å². The summed E-state index contributed by atoms with van der Waals surface area (Å²) in [5, 5.41) is 0. The Morgan fingerprint density at radius 3 is 2.60 bits per heavy atom. The van der Waals surface area contributed by atoms with Gasteiger partial charge in [-0.25, -0.2) is 0 Å². The molecule has 3 rings (SSSR count). The van der Waals surface area contributed by atoms with Crippen molar-refractivity contribution in [1.29, 1.82) is 0 Å². The summed E-state index contributed by atoms with van der Waals surface area (Å²) in [6.07, 6.45) is 7.92. The Morgan fingerprint density at radius 2 is 1.92 bits per heavy atom. The van der Waals surface area contributed by atoms with Crippen molar-refractivity contribution in [1.82, 2.24) is 4.90 Å². The molecule has 0 bridgehead atoms. The van der Waals surface area contributed by atoms with E-state index < -0.39 is 0 Å². The number of fused-ring (bicyclic) bond motifs is 1. The minimum atomic E-state index is 0.0152. The number of amides is 1. The zero-order valence-corrected chi connectivity index (χ0v) is 16.0. The maximum absolute atomic E-state index is 13.2. The number of benzene rings is 1. The molecule has 0 aromatic heterocycles. The highest BCUT2D eigenvalue weighted by Crippen LogP contribution is 2.32. The van der Waals surface area contributed by atoms with E-state index in [-0.39, 0.29) is 6.04 Å². The summed E-state index contributed by atoms with van der Waals surface area (Å²) < 4.78 is 0. The largest absolute Gasteiger partial charge is 0.311 e. The lowest BCUT2D eigenvalue weighted by molar-refractivity contribution is -0.124. The summed E-state index contributed by atoms with van der Waals surface area (Å²) in [4.78, 5) is 17.7. The fourth-order valence-corrected chi connectivity index (χ4v) is 4.06. The van der Waals surface area contributed by atoms with Crippen LogP contribution < -0.4 is 4.90 Å². The number of likely N-dealkylation sites (tertiary alicyclic amines) is 1. The summed E-state index contributed by atoms with van der Waals surface area (Å²) in [5.41, 5.74) is 4.03. The number of carbonyl (C=O) groups excluding carboxylic acids is 1. The number of hydrogen-bond acceptors (Lipinski definition) is 2. The first kappa shape index (κ1) is 18.2. The van der Waals surface area contributed by atoms with Crippen molar-refractivity contribution in [3.05, 3.63) is 41.5 Å². The fourth-order valence-electron chi connectivity index (χ4n) is 4.06. The highest BCUT2D eigenvalue weighted by molar-refractivity contribution is 6.00. The first-order chi connectivity index (χ1) is 12.1. The van der Waals surface area contributed by atoms with Crippen LogP contribution in [0.2, 0.25) is 0 Å². The lowest BCUT2D eigenvalue weighted by Gasteiger charge is -2.41. The standard InChI is InChI=1S/C22H32N2O/c1-4-5-8-18-11-13-23(14-12-18)21-15-19-9-6-7-10-20(19)24(22(21)25)16-17(2)3/h6-10,17,21H,4-5,11-16H2,1-3H3. The monoisotopic (exact) mass is 340 g/mol. The van der Waals surface area contributed by atoms with Crippen LogP contribution in [0.1, 0.15) is 52.0 Å². The zero-order valence-electron chi connectivity index (χ0n) is 16.0. The molecule has 3 nitrogen and oxygen atoms in total. The number of nitrogens with zero attached hydrogens (tertiary/aromatic N) is 2. The number of hydrogen-bond donors (Lipinski definition) is 0. The molecule has 136 valence electrons. The van der Waals surface area contributed by atoms with Gasteiger partial charge in [0.2, 0.25) is 5.91 Å². The number of anilines is 1. The smallest absolute Gasteiger partial charge is 0.244 e. The Kier molecular flexibility index (Phi) is 5.95. The Balaban J connectivity index is 1.76. The Hall–Kier alpha value is -1.61. The molecule has 1 unspecified atom stereocenters. The van der Waals surface area contributed by atoms with Gasteiger partial charge >= 0.3 is 0 Å². The minimum Gasteiger partial charge on any atom is -0.311 e. The second-order valence-electron chi connectivity index (χ2n) is 7.88. The van der Waals surface area contributed by atoms with E-state index in [2.05, 4.69) is 49.9 Å². The number of para-hydroxylation sites is 1. The second-order valence-corrected chi connectivity index (χ2v) is 7.88. The SMILES string of the molecule is CCCC=C1CCN(C2Cc3ccccc3N(CC(C)C)C2=O)CC1. The third-order valence-corrected chi connectivity index (χ3v) is 5.40. The van der Waals surface area contributed by atoms with Crippen LogP contribution in [-0.4, -0.2) is 36.5 Å². The van der Waals surface area contributed by atoms with Gasteiger partial charge in [0.15, 0.2) is 0 Å². The second kappa shape index (κ2) is 8.18. The van der Waals surface area contributed by atoms with Crippen LogP contribution >= 0.6 is 0 Å². The zero-order chi connectivity index (χ0) is 17.8. The molecular weight excluding hydrogens is 308 g/mol. The van der Waals surface area contributed by atoms with Crippen LogP contribution in [0.5, 0.6) is 0 Å². The van der Waals surface area contributed by atoms with Crippen molar-refractivity contribution >= 4 is 11.6 Å².